The van der Waals surface area contributed by atoms with Crippen LogP contribution in [0.1, 0.15) is 12.0 Å². The normalized spacial score (nSPS) is 18.9. The summed E-state index contributed by atoms with van der Waals surface area (Å²) in [5.74, 6) is 1.43. The van der Waals surface area contributed by atoms with Crippen LogP contribution in [0.3, 0.4) is 0 Å². The van der Waals surface area contributed by atoms with Crippen molar-refractivity contribution in [2.75, 3.05) is 35.3 Å². The van der Waals surface area contributed by atoms with Crippen molar-refractivity contribution in [3.63, 3.8) is 0 Å². The van der Waals surface area contributed by atoms with E-state index in [9.17, 15) is 8.42 Å². The monoisotopic (exact) mass is 381 g/mol. The summed E-state index contributed by atoms with van der Waals surface area (Å²) in [5.41, 5.74) is 1.16. The maximum Gasteiger partial charge on any atom is 0.244 e. The molecule has 1 aromatic heterocycles. The maximum atomic E-state index is 11.6. The Morgan fingerprint density at radius 2 is 2.08 bits per heavy atom. The fourth-order valence-corrected chi connectivity index (χ4v) is 4.68. The van der Waals surface area contributed by atoms with Gasteiger partial charge in [0.25, 0.3) is 0 Å². The lowest BCUT2D eigenvalue weighted by Crippen LogP contribution is -2.33. The fourth-order valence-electron chi connectivity index (χ4n) is 2.78. The van der Waals surface area contributed by atoms with Crippen LogP contribution in [0.2, 0.25) is 5.02 Å². The van der Waals surface area contributed by atoms with E-state index < -0.39 is 9.84 Å². The van der Waals surface area contributed by atoms with Gasteiger partial charge in [0.1, 0.15) is 0 Å². The summed E-state index contributed by atoms with van der Waals surface area (Å²) in [6.07, 6.45) is 2.97. The number of hydrogen-bond acceptors (Lipinski definition) is 7. The van der Waals surface area contributed by atoms with E-state index in [1.54, 1.807) is 6.20 Å². The Bertz CT molecular complexity index is 829. The van der Waals surface area contributed by atoms with Gasteiger partial charge in [-0.1, -0.05) is 23.7 Å². The average molecular weight is 382 g/mol. The lowest BCUT2D eigenvalue weighted by atomic mass is 10.1. The number of aromatic nitrogens is 3. The zero-order valence-corrected chi connectivity index (χ0v) is 15.5. The third-order valence-electron chi connectivity index (χ3n) is 4.27. The van der Waals surface area contributed by atoms with E-state index in [0.717, 1.165) is 12.0 Å². The zero-order chi connectivity index (χ0) is 17.9. The molecule has 0 aliphatic carbocycles. The second-order valence-corrected chi connectivity index (χ2v) is 8.77. The van der Waals surface area contributed by atoms with Crippen LogP contribution in [0.4, 0.5) is 11.8 Å². The third-order valence-corrected chi connectivity index (χ3v) is 6.28. The topological polar surface area (TPSA) is 88.1 Å². The molecule has 1 aliphatic rings. The van der Waals surface area contributed by atoms with E-state index in [2.05, 4.69) is 20.5 Å². The number of nitrogens with zero attached hydrogens (tertiary/aromatic N) is 4. The largest absolute Gasteiger partial charge is 0.354 e. The van der Waals surface area contributed by atoms with Gasteiger partial charge in [-0.3, -0.25) is 0 Å². The van der Waals surface area contributed by atoms with Gasteiger partial charge in [-0.15, -0.1) is 5.10 Å². The van der Waals surface area contributed by atoms with Gasteiger partial charge >= 0.3 is 0 Å². The van der Waals surface area contributed by atoms with Gasteiger partial charge in [0.2, 0.25) is 5.95 Å². The fraction of sp³-hybridized carbons (Fsp3) is 0.438. The molecule has 7 nitrogen and oxygen atoms in total. The third kappa shape index (κ3) is 4.79. The van der Waals surface area contributed by atoms with Gasteiger partial charge in [0.05, 0.1) is 17.7 Å². The van der Waals surface area contributed by atoms with E-state index in [1.807, 2.05) is 36.2 Å². The standard InChI is InChI=1S/C16H20ClN5O2S/c1-22(14-7-9-25(23,24)11-14)15-10-19-21-16(20-15)18-8-6-12-2-4-13(17)5-3-12/h2-5,10,14H,6-9,11H2,1H3,(H,18,20,21). The van der Waals surface area contributed by atoms with E-state index in [0.29, 0.717) is 29.8 Å². The van der Waals surface area contributed by atoms with Crippen LogP contribution in [0.15, 0.2) is 30.5 Å². The van der Waals surface area contributed by atoms with Gasteiger partial charge in [-0.05, 0) is 30.5 Å². The summed E-state index contributed by atoms with van der Waals surface area (Å²) in [6.45, 7) is 0.661. The summed E-state index contributed by atoms with van der Waals surface area (Å²) in [4.78, 5) is 6.30. The molecular formula is C16H20ClN5O2S. The molecule has 2 aromatic rings. The molecular weight excluding hydrogens is 362 g/mol. The average Bonchev–Trinajstić information content (AvgIpc) is 2.96. The number of nitrogens with one attached hydrogen (secondary N) is 1. The number of rotatable bonds is 6. The minimum atomic E-state index is -2.94. The summed E-state index contributed by atoms with van der Waals surface area (Å²) in [7, 11) is -1.10. The quantitative estimate of drug-likeness (QED) is 0.816. The Hall–Kier alpha value is -1.93. The van der Waals surface area contributed by atoms with E-state index >= 15 is 0 Å². The minimum Gasteiger partial charge on any atom is -0.354 e. The van der Waals surface area contributed by atoms with Crippen LogP contribution in [-0.4, -0.2) is 54.7 Å². The number of anilines is 2. The second kappa shape index (κ2) is 7.53. The predicted molar refractivity (Wildman–Crippen MR) is 98.9 cm³/mol. The highest BCUT2D eigenvalue weighted by Crippen LogP contribution is 2.21. The number of sulfone groups is 1. The molecule has 2 heterocycles. The number of benzene rings is 1. The molecule has 1 N–H and O–H groups in total. The van der Waals surface area contributed by atoms with E-state index in [1.165, 1.54) is 0 Å². The molecule has 3 rings (SSSR count). The maximum absolute atomic E-state index is 11.6. The van der Waals surface area contributed by atoms with Gasteiger partial charge in [-0.25, -0.2) is 8.42 Å². The molecule has 1 aromatic carbocycles. The van der Waals surface area contributed by atoms with Crippen molar-refractivity contribution in [3.8, 4) is 0 Å². The number of hydrogen-bond donors (Lipinski definition) is 1. The van der Waals surface area contributed by atoms with Gasteiger partial charge in [0, 0.05) is 24.7 Å². The lowest BCUT2D eigenvalue weighted by Gasteiger charge is -2.24. The Labute approximate surface area is 152 Å². The first-order valence-corrected chi connectivity index (χ1v) is 10.2. The van der Waals surface area contributed by atoms with Crippen LogP contribution in [0.25, 0.3) is 0 Å². The molecule has 1 fully saturated rings. The smallest absolute Gasteiger partial charge is 0.244 e. The van der Waals surface area contributed by atoms with Crippen molar-refractivity contribution < 1.29 is 8.42 Å². The molecule has 1 saturated heterocycles. The molecule has 0 amide bonds. The predicted octanol–water partition coefficient (Wildman–Crippen LogP) is 1.80. The first-order valence-electron chi connectivity index (χ1n) is 8.04. The first-order chi connectivity index (χ1) is 11.9. The Kier molecular flexibility index (Phi) is 5.39. The SMILES string of the molecule is CN(c1cnnc(NCCc2ccc(Cl)cc2)n1)C1CCS(=O)(=O)C1. The van der Waals surface area contributed by atoms with Crippen molar-refractivity contribution in [2.45, 2.75) is 18.9 Å². The van der Waals surface area contributed by atoms with Crippen molar-refractivity contribution in [2.24, 2.45) is 0 Å². The van der Waals surface area contributed by atoms with Gasteiger partial charge in [-0.2, -0.15) is 10.1 Å². The number of halogens is 1. The van der Waals surface area contributed by atoms with E-state index in [4.69, 9.17) is 11.6 Å². The molecule has 0 spiro atoms. The molecule has 25 heavy (non-hydrogen) atoms. The Morgan fingerprint density at radius 1 is 1.32 bits per heavy atom. The first kappa shape index (κ1) is 17.9. The minimum absolute atomic E-state index is 0.0661. The van der Waals surface area contributed by atoms with Crippen molar-refractivity contribution in [1.29, 1.82) is 0 Å². The van der Waals surface area contributed by atoms with Gasteiger partial charge in [0.15, 0.2) is 15.7 Å². The van der Waals surface area contributed by atoms with Crippen LogP contribution >= 0.6 is 11.6 Å². The second-order valence-electron chi connectivity index (χ2n) is 6.11. The van der Waals surface area contributed by atoms with Crippen molar-refractivity contribution >= 4 is 33.2 Å². The molecule has 1 unspecified atom stereocenters. The summed E-state index contributed by atoms with van der Waals surface area (Å²) in [6, 6.07) is 7.62. The molecule has 0 radical (unpaired) electrons. The molecule has 0 saturated carbocycles. The Balaban J connectivity index is 1.58. The van der Waals surface area contributed by atoms with E-state index in [-0.39, 0.29) is 17.5 Å². The van der Waals surface area contributed by atoms with Crippen molar-refractivity contribution in [3.05, 3.63) is 41.0 Å². The van der Waals surface area contributed by atoms with Gasteiger partial charge < -0.3 is 10.2 Å². The molecule has 1 atom stereocenters. The molecule has 0 bridgehead atoms. The summed E-state index contributed by atoms with van der Waals surface area (Å²) in [5, 5.41) is 11.8. The lowest BCUT2D eigenvalue weighted by molar-refractivity contribution is 0.600. The highest BCUT2D eigenvalue weighted by Gasteiger charge is 2.31. The van der Waals surface area contributed by atoms with Crippen LogP contribution in [-0.2, 0) is 16.3 Å². The zero-order valence-electron chi connectivity index (χ0n) is 13.9. The Morgan fingerprint density at radius 3 is 2.76 bits per heavy atom. The molecule has 134 valence electrons. The summed E-state index contributed by atoms with van der Waals surface area (Å²) >= 11 is 5.87. The summed E-state index contributed by atoms with van der Waals surface area (Å²) < 4.78 is 23.3. The van der Waals surface area contributed by atoms with Crippen LogP contribution in [0, 0.1) is 0 Å². The highest BCUT2D eigenvalue weighted by atomic mass is 35.5. The van der Waals surface area contributed by atoms with Crippen molar-refractivity contribution in [1.82, 2.24) is 15.2 Å². The van der Waals surface area contributed by atoms with Crippen LogP contribution in [0.5, 0.6) is 0 Å². The molecule has 9 heteroatoms. The highest BCUT2D eigenvalue weighted by molar-refractivity contribution is 7.91. The molecule has 1 aliphatic heterocycles. The van der Waals surface area contributed by atoms with Crippen LogP contribution < -0.4 is 10.2 Å².